The molecule has 2 N–H and O–H groups in total. The molecule has 0 aliphatic heterocycles. The third-order valence-electron chi connectivity index (χ3n) is 4.18. The predicted octanol–water partition coefficient (Wildman–Crippen LogP) is 2.04. The Morgan fingerprint density at radius 3 is 2.80 bits per heavy atom. The zero-order chi connectivity index (χ0) is 14.3. The van der Waals surface area contributed by atoms with E-state index in [0.717, 1.165) is 30.4 Å². The molecule has 1 aromatic carbocycles. The van der Waals surface area contributed by atoms with Gasteiger partial charge in [-0.15, -0.1) is 0 Å². The van der Waals surface area contributed by atoms with Gasteiger partial charge in [0.25, 0.3) is 0 Å². The van der Waals surface area contributed by atoms with Gasteiger partial charge in [0.15, 0.2) is 0 Å². The van der Waals surface area contributed by atoms with Crippen molar-refractivity contribution in [3.63, 3.8) is 0 Å². The van der Waals surface area contributed by atoms with Gasteiger partial charge < -0.3 is 10.4 Å². The van der Waals surface area contributed by atoms with Crippen LogP contribution >= 0.6 is 0 Å². The summed E-state index contributed by atoms with van der Waals surface area (Å²) in [6.45, 7) is 0. The van der Waals surface area contributed by atoms with Gasteiger partial charge in [-0.05, 0) is 48.9 Å². The first kappa shape index (κ1) is 13.1. The molecule has 0 bridgehead atoms. The number of hydrogen-bond donors (Lipinski definition) is 2. The van der Waals surface area contributed by atoms with E-state index >= 15 is 0 Å². The SMILES string of the molecule is O=C(O)C1CC1C(=O)NC1CCCc2cc(F)ccc21. The van der Waals surface area contributed by atoms with Crippen molar-refractivity contribution in [3.8, 4) is 0 Å². The highest BCUT2D eigenvalue weighted by Gasteiger charge is 2.48. The van der Waals surface area contributed by atoms with Crippen LogP contribution in [0, 0.1) is 17.7 Å². The van der Waals surface area contributed by atoms with Crippen LogP contribution in [0.5, 0.6) is 0 Å². The second kappa shape index (κ2) is 4.89. The molecule has 0 radical (unpaired) electrons. The van der Waals surface area contributed by atoms with Crippen LogP contribution in [0.3, 0.4) is 0 Å². The first-order valence-electron chi connectivity index (χ1n) is 6.88. The number of carbonyl (C=O) groups excluding carboxylic acids is 1. The first-order chi connectivity index (χ1) is 9.56. The summed E-state index contributed by atoms with van der Waals surface area (Å²) in [4.78, 5) is 22.8. The molecule has 0 spiro atoms. The molecule has 1 saturated carbocycles. The van der Waals surface area contributed by atoms with Crippen LogP contribution in [0.2, 0.25) is 0 Å². The van der Waals surface area contributed by atoms with Crippen molar-refractivity contribution < 1.29 is 19.1 Å². The highest BCUT2D eigenvalue weighted by molar-refractivity contribution is 5.89. The lowest BCUT2D eigenvalue weighted by Gasteiger charge is -2.26. The van der Waals surface area contributed by atoms with Crippen LogP contribution in [0.1, 0.15) is 36.4 Å². The van der Waals surface area contributed by atoms with Gasteiger partial charge in [-0.3, -0.25) is 9.59 Å². The van der Waals surface area contributed by atoms with Gasteiger partial charge in [-0.2, -0.15) is 0 Å². The van der Waals surface area contributed by atoms with Crippen molar-refractivity contribution >= 4 is 11.9 Å². The van der Waals surface area contributed by atoms with Gasteiger partial charge in [0.2, 0.25) is 5.91 Å². The summed E-state index contributed by atoms with van der Waals surface area (Å²) in [5.41, 5.74) is 1.89. The van der Waals surface area contributed by atoms with E-state index in [-0.39, 0.29) is 17.8 Å². The summed E-state index contributed by atoms with van der Waals surface area (Å²) in [6.07, 6.45) is 2.95. The van der Waals surface area contributed by atoms with E-state index in [0.29, 0.717) is 6.42 Å². The largest absolute Gasteiger partial charge is 0.481 e. The third kappa shape index (κ3) is 2.40. The average molecular weight is 277 g/mol. The number of rotatable bonds is 3. The number of carbonyl (C=O) groups is 2. The van der Waals surface area contributed by atoms with Gasteiger partial charge in [-0.1, -0.05) is 6.07 Å². The molecule has 1 fully saturated rings. The Kier molecular flexibility index (Phi) is 3.20. The van der Waals surface area contributed by atoms with Crippen LogP contribution in [-0.4, -0.2) is 17.0 Å². The molecule has 20 heavy (non-hydrogen) atoms. The number of hydrogen-bond acceptors (Lipinski definition) is 2. The van der Waals surface area contributed by atoms with Crippen LogP contribution < -0.4 is 5.32 Å². The van der Waals surface area contributed by atoms with Crippen molar-refractivity contribution in [1.29, 1.82) is 0 Å². The predicted molar refractivity (Wildman–Crippen MR) is 69.5 cm³/mol. The van der Waals surface area contributed by atoms with Crippen LogP contribution in [0.4, 0.5) is 4.39 Å². The van der Waals surface area contributed by atoms with Crippen LogP contribution in [-0.2, 0) is 16.0 Å². The molecule has 2 aliphatic rings. The number of carboxylic acids is 1. The Morgan fingerprint density at radius 1 is 1.30 bits per heavy atom. The van der Waals surface area contributed by atoms with E-state index in [9.17, 15) is 14.0 Å². The summed E-state index contributed by atoms with van der Waals surface area (Å²) in [7, 11) is 0. The van der Waals surface area contributed by atoms with Crippen molar-refractivity contribution in [2.75, 3.05) is 0 Å². The maximum atomic E-state index is 13.2. The van der Waals surface area contributed by atoms with Gasteiger partial charge in [-0.25, -0.2) is 4.39 Å². The average Bonchev–Trinajstić information content (AvgIpc) is 3.19. The van der Waals surface area contributed by atoms with Gasteiger partial charge in [0, 0.05) is 0 Å². The number of amides is 1. The van der Waals surface area contributed by atoms with E-state index in [4.69, 9.17) is 5.11 Å². The molecule has 1 aromatic rings. The monoisotopic (exact) mass is 277 g/mol. The minimum Gasteiger partial charge on any atom is -0.481 e. The van der Waals surface area contributed by atoms with Gasteiger partial charge in [0.05, 0.1) is 17.9 Å². The molecule has 4 nitrogen and oxygen atoms in total. The first-order valence-corrected chi connectivity index (χ1v) is 6.88. The molecule has 3 unspecified atom stereocenters. The molecule has 0 heterocycles. The van der Waals surface area contributed by atoms with Crippen molar-refractivity contribution in [3.05, 3.63) is 35.1 Å². The lowest BCUT2D eigenvalue weighted by atomic mass is 9.87. The minimum absolute atomic E-state index is 0.123. The molecule has 1 amide bonds. The van der Waals surface area contributed by atoms with Crippen molar-refractivity contribution in [2.24, 2.45) is 11.8 Å². The smallest absolute Gasteiger partial charge is 0.307 e. The highest BCUT2D eigenvalue weighted by atomic mass is 19.1. The summed E-state index contributed by atoms with van der Waals surface area (Å²) >= 11 is 0. The second-order valence-electron chi connectivity index (χ2n) is 5.58. The number of fused-ring (bicyclic) bond motifs is 1. The van der Waals surface area contributed by atoms with Crippen LogP contribution in [0.25, 0.3) is 0 Å². The fraction of sp³-hybridized carbons (Fsp3) is 0.467. The quantitative estimate of drug-likeness (QED) is 0.888. The summed E-state index contributed by atoms with van der Waals surface area (Å²) < 4.78 is 13.2. The maximum Gasteiger partial charge on any atom is 0.307 e. The van der Waals surface area contributed by atoms with Gasteiger partial charge >= 0.3 is 5.97 Å². The molecule has 0 aromatic heterocycles. The van der Waals surface area contributed by atoms with Crippen molar-refractivity contribution in [2.45, 2.75) is 31.7 Å². The Morgan fingerprint density at radius 2 is 2.10 bits per heavy atom. The molecule has 2 aliphatic carbocycles. The minimum atomic E-state index is -0.906. The molecule has 3 rings (SSSR count). The molecular formula is C15H16FNO3. The Bertz CT molecular complexity index is 572. The Balaban J connectivity index is 1.71. The van der Waals surface area contributed by atoms with E-state index in [1.807, 2.05) is 0 Å². The van der Waals surface area contributed by atoms with E-state index in [1.54, 1.807) is 6.07 Å². The molecule has 3 atom stereocenters. The maximum absolute atomic E-state index is 13.2. The second-order valence-corrected chi connectivity index (χ2v) is 5.58. The van der Waals surface area contributed by atoms with E-state index < -0.39 is 17.8 Å². The number of benzene rings is 1. The lowest BCUT2D eigenvalue weighted by Crippen LogP contribution is -2.32. The fourth-order valence-corrected chi connectivity index (χ4v) is 2.97. The Hall–Kier alpha value is -1.91. The summed E-state index contributed by atoms with van der Waals surface area (Å²) in [5.74, 6) is -2.30. The molecular weight excluding hydrogens is 261 g/mol. The number of halogens is 1. The molecule has 106 valence electrons. The zero-order valence-corrected chi connectivity index (χ0v) is 10.9. The number of aryl methyl sites for hydroxylation is 1. The Labute approximate surface area is 116 Å². The summed E-state index contributed by atoms with van der Waals surface area (Å²) in [5, 5.41) is 11.8. The van der Waals surface area contributed by atoms with E-state index in [1.165, 1.54) is 12.1 Å². The third-order valence-corrected chi connectivity index (χ3v) is 4.18. The molecule has 5 heteroatoms. The highest BCUT2D eigenvalue weighted by Crippen LogP contribution is 2.40. The van der Waals surface area contributed by atoms with Gasteiger partial charge in [0.1, 0.15) is 5.82 Å². The summed E-state index contributed by atoms with van der Waals surface area (Å²) in [6, 6.07) is 4.52. The fourth-order valence-electron chi connectivity index (χ4n) is 2.97. The lowest BCUT2D eigenvalue weighted by molar-refractivity contribution is -0.140. The normalized spacial score (nSPS) is 27.6. The van der Waals surface area contributed by atoms with E-state index in [2.05, 4.69) is 5.32 Å². The number of carboxylic acid groups (broad SMARTS) is 1. The van der Waals surface area contributed by atoms with Crippen LogP contribution in [0.15, 0.2) is 18.2 Å². The van der Waals surface area contributed by atoms with Crippen molar-refractivity contribution in [1.82, 2.24) is 5.32 Å². The zero-order valence-electron chi connectivity index (χ0n) is 10.9. The standard InChI is InChI=1S/C15H16FNO3/c16-9-4-5-10-8(6-9)2-1-3-13(10)17-14(18)11-7-12(11)15(19)20/h4-6,11-13H,1-3,7H2,(H,17,18)(H,19,20). The molecule has 0 saturated heterocycles. The number of aliphatic carboxylic acids is 1. The topological polar surface area (TPSA) is 66.4 Å². The number of nitrogens with one attached hydrogen (secondary N) is 1.